The minimum Gasteiger partial charge on any atom is -0.855 e. The molecular formula is C30H33OP. The molecule has 1 nitrogen and oxygen atoms in total. The fourth-order valence-electron chi connectivity index (χ4n) is 3.97. The molecule has 0 aliphatic heterocycles. The summed E-state index contributed by atoms with van der Waals surface area (Å²) in [6.45, 7) is 10.2. The zero-order valence-corrected chi connectivity index (χ0v) is 20.7. The summed E-state index contributed by atoms with van der Waals surface area (Å²) in [7, 11) is -1.98. The summed E-state index contributed by atoms with van der Waals surface area (Å²) in [6, 6.07) is 36.7. The Morgan fingerprint density at radius 1 is 0.438 bits per heavy atom. The highest BCUT2D eigenvalue weighted by atomic mass is 31.2. The van der Waals surface area contributed by atoms with Crippen LogP contribution in [0.5, 0.6) is 0 Å². The molecule has 32 heavy (non-hydrogen) atoms. The molecule has 0 amide bonds. The maximum atomic E-state index is 8.93. The zero-order valence-electron chi connectivity index (χ0n) is 19.8. The molecule has 0 unspecified atom stereocenters. The molecule has 2 heteroatoms. The van der Waals surface area contributed by atoms with Crippen LogP contribution in [0.15, 0.2) is 97.1 Å². The molecule has 4 aromatic carbocycles. The van der Waals surface area contributed by atoms with Gasteiger partial charge in [-0.2, -0.15) is 0 Å². The first-order chi connectivity index (χ1) is 15.4. The lowest BCUT2D eigenvalue weighted by Gasteiger charge is -2.28. The normalized spacial score (nSPS) is 10.9. The fraction of sp³-hybridized carbons (Fsp3) is 0.200. The lowest BCUT2D eigenvalue weighted by atomic mass is 10.2. The van der Waals surface area contributed by atoms with Crippen molar-refractivity contribution in [2.24, 2.45) is 0 Å². The summed E-state index contributed by atoms with van der Waals surface area (Å²) < 4.78 is 0. The highest BCUT2D eigenvalue weighted by Crippen LogP contribution is 2.54. The van der Waals surface area contributed by atoms with Crippen LogP contribution in [0.4, 0.5) is 0 Å². The van der Waals surface area contributed by atoms with Crippen molar-refractivity contribution < 1.29 is 5.11 Å². The molecule has 164 valence electrons. The van der Waals surface area contributed by atoms with Gasteiger partial charge >= 0.3 is 0 Å². The molecule has 0 aliphatic rings. The minimum atomic E-state index is -1.98. The van der Waals surface area contributed by atoms with Gasteiger partial charge in [-0.15, -0.1) is 6.61 Å². The van der Waals surface area contributed by atoms with Crippen LogP contribution in [0.2, 0.25) is 0 Å². The number of rotatable bonds is 4. The van der Waals surface area contributed by atoms with Crippen molar-refractivity contribution in [3.05, 3.63) is 119 Å². The van der Waals surface area contributed by atoms with Crippen LogP contribution < -0.4 is 26.3 Å². The van der Waals surface area contributed by atoms with E-state index in [1.54, 1.807) is 6.92 Å². The molecular weight excluding hydrogens is 407 g/mol. The molecule has 0 atom stereocenters. The SMILES string of the molecule is CC[O-].Cc1ccc([P+](c2ccc(C)cc2)(c2ccc(C)cc2)c2ccc(C)cc2)cc1. The molecule has 0 saturated carbocycles. The Labute approximate surface area is 194 Å². The van der Waals surface area contributed by atoms with Crippen molar-refractivity contribution in [2.45, 2.75) is 34.6 Å². The summed E-state index contributed by atoms with van der Waals surface area (Å²) in [6.07, 6.45) is 0. The number of hydrogen-bond donors (Lipinski definition) is 0. The van der Waals surface area contributed by atoms with Gasteiger partial charge in [0.25, 0.3) is 0 Å². The van der Waals surface area contributed by atoms with Gasteiger partial charge in [0.15, 0.2) is 0 Å². The number of hydrogen-bond acceptors (Lipinski definition) is 1. The molecule has 0 spiro atoms. The first-order valence-corrected chi connectivity index (χ1v) is 13.0. The van der Waals surface area contributed by atoms with Gasteiger partial charge in [-0.25, -0.2) is 0 Å². The van der Waals surface area contributed by atoms with Crippen LogP contribution in [0.3, 0.4) is 0 Å². The maximum absolute atomic E-state index is 8.93. The van der Waals surface area contributed by atoms with E-state index in [9.17, 15) is 0 Å². The smallest absolute Gasteiger partial charge is 0.144 e. The van der Waals surface area contributed by atoms with E-state index in [1.807, 2.05) is 0 Å². The van der Waals surface area contributed by atoms with E-state index in [-0.39, 0.29) is 6.61 Å². The second-order valence-electron chi connectivity index (χ2n) is 8.30. The second-order valence-corrected chi connectivity index (χ2v) is 11.7. The van der Waals surface area contributed by atoms with Gasteiger partial charge in [-0.3, -0.25) is 0 Å². The van der Waals surface area contributed by atoms with E-state index in [1.165, 1.54) is 43.5 Å². The lowest BCUT2D eigenvalue weighted by molar-refractivity contribution is -0.361. The largest absolute Gasteiger partial charge is 0.855 e. The van der Waals surface area contributed by atoms with Gasteiger partial charge in [0.05, 0.1) is 0 Å². The number of aryl methyl sites for hydroxylation is 4. The van der Waals surface area contributed by atoms with Gasteiger partial charge in [0.1, 0.15) is 28.5 Å². The van der Waals surface area contributed by atoms with E-state index >= 15 is 0 Å². The maximum Gasteiger partial charge on any atom is 0.144 e. The van der Waals surface area contributed by atoms with Gasteiger partial charge in [0.2, 0.25) is 0 Å². The molecule has 0 N–H and O–H groups in total. The van der Waals surface area contributed by atoms with E-state index in [0.29, 0.717) is 0 Å². The summed E-state index contributed by atoms with van der Waals surface area (Å²) >= 11 is 0. The molecule has 0 radical (unpaired) electrons. The molecule has 0 saturated heterocycles. The minimum absolute atomic E-state index is 0. The van der Waals surface area contributed by atoms with Crippen molar-refractivity contribution in [1.29, 1.82) is 0 Å². The van der Waals surface area contributed by atoms with E-state index < -0.39 is 7.26 Å². The standard InChI is InChI=1S/C28H28P.C2H5O/c1-21-5-13-25(14-6-21)29(26-15-7-22(2)8-16-26,27-17-9-23(3)10-18-27)28-19-11-24(4)12-20-28;1-2-3/h5-20H,1-4H3;2H2,1H3/q+1;-1. The Kier molecular flexibility index (Phi) is 8.02. The van der Waals surface area contributed by atoms with E-state index in [0.717, 1.165) is 0 Å². The molecule has 0 aromatic heterocycles. The van der Waals surface area contributed by atoms with Gasteiger partial charge < -0.3 is 5.11 Å². The van der Waals surface area contributed by atoms with Crippen molar-refractivity contribution in [3.63, 3.8) is 0 Å². The average molecular weight is 441 g/mol. The second kappa shape index (κ2) is 10.7. The van der Waals surface area contributed by atoms with Crippen molar-refractivity contribution in [3.8, 4) is 0 Å². The third kappa shape index (κ3) is 5.01. The Hall–Kier alpha value is -2.73. The van der Waals surface area contributed by atoms with Gasteiger partial charge in [0, 0.05) is 0 Å². The summed E-state index contributed by atoms with van der Waals surface area (Å²) in [5.74, 6) is 0. The van der Waals surface area contributed by atoms with Crippen LogP contribution >= 0.6 is 7.26 Å². The van der Waals surface area contributed by atoms with Gasteiger partial charge in [-0.05, 0) is 76.2 Å². The zero-order chi connectivity index (χ0) is 23.1. The van der Waals surface area contributed by atoms with Crippen LogP contribution in [-0.2, 0) is 0 Å². The first kappa shape index (κ1) is 23.9. The molecule has 4 rings (SSSR count). The van der Waals surface area contributed by atoms with Crippen LogP contribution in [0.1, 0.15) is 29.2 Å². The Bertz CT molecular complexity index is 922. The van der Waals surface area contributed by atoms with E-state index in [4.69, 9.17) is 5.11 Å². The molecule has 4 aromatic rings. The summed E-state index contributed by atoms with van der Waals surface area (Å²) in [5.41, 5.74) is 5.18. The molecule has 0 heterocycles. The third-order valence-electron chi connectivity index (χ3n) is 5.69. The Morgan fingerprint density at radius 3 is 0.750 bits per heavy atom. The average Bonchev–Trinajstić information content (AvgIpc) is 2.79. The highest BCUT2D eigenvalue weighted by Gasteiger charge is 2.47. The van der Waals surface area contributed by atoms with Crippen LogP contribution in [0.25, 0.3) is 0 Å². The lowest BCUT2D eigenvalue weighted by Crippen LogP contribution is -2.38. The molecule has 0 bridgehead atoms. The Morgan fingerprint density at radius 2 is 0.594 bits per heavy atom. The highest BCUT2D eigenvalue weighted by molar-refractivity contribution is 8.01. The van der Waals surface area contributed by atoms with Crippen molar-refractivity contribution in [1.82, 2.24) is 0 Å². The predicted octanol–water partition coefficient (Wildman–Crippen LogP) is 4.91. The summed E-state index contributed by atoms with van der Waals surface area (Å²) in [5, 5.41) is 14.5. The summed E-state index contributed by atoms with van der Waals surface area (Å²) in [4.78, 5) is 0. The topological polar surface area (TPSA) is 23.1 Å². The van der Waals surface area contributed by atoms with Crippen molar-refractivity contribution in [2.75, 3.05) is 6.61 Å². The fourth-order valence-corrected chi connectivity index (χ4v) is 8.14. The molecule has 0 fully saturated rings. The first-order valence-electron chi connectivity index (χ1n) is 11.2. The van der Waals surface area contributed by atoms with E-state index in [2.05, 4.69) is 125 Å². The molecule has 0 aliphatic carbocycles. The third-order valence-corrected chi connectivity index (χ3v) is 9.98. The van der Waals surface area contributed by atoms with Crippen molar-refractivity contribution >= 4 is 28.5 Å². The monoisotopic (exact) mass is 440 g/mol. The number of benzene rings is 4. The quantitative estimate of drug-likeness (QED) is 0.414. The van der Waals surface area contributed by atoms with Crippen LogP contribution in [0, 0.1) is 27.7 Å². The Balaban J connectivity index is 0.000000913. The predicted molar refractivity (Wildman–Crippen MR) is 141 cm³/mol. The van der Waals surface area contributed by atoms with Gasteiger partial charge in [-0.1, -0.05) is 77.7 Å². The van der Waals surface area contributed by atoms with Crippen LogP contribution in [-0.4, -0.2) is 6.61 Å².